The van der Waals surface area contributed by atoms with Gasteiger partial charge < -0.3 is 10.6 Å². The molecule has 0 unspecified atom stereocenters. The highest BCUT2D eigenvalue weighted by atomic mass is 79.9. The van der Waals surface area contributed by atoms with Gasteiger partial charge in [-0.1, -0.05) is 0 Å². The van der Waals surface area contributed by atoms with Crippen molar-refractivity contribution in [2.45, 2.75) is 6.92 Å². The van der Waals surface area contributed by atoms with Crippen LogP contribution in [0.4, 0.5) is 21.8 Å². The molecule has 94 valence electrons. The maximum atomic E-state index is 13.4. The Bertz CT molecular complexity index is 547. The van der Waals surface area contributed by atoms with Crippen LogP contribution < -0.4 is 10.6 Å². The second kappa shape index (κ2) is 5.77. The van der Waals surface area contributed by atoms with Gasteiger partial charge in [0.1, 0.15) is 11.6 Å². The van der Waals surface area contributed by atoms with Gasteiger partial charge in [-0.3, -0.25) is 0 Å². The summed E-state index contributed by atoms with van der Waals surface area (Å²) in [6.07, 6.45) is 1.64. The van der Waals surface area contributed by atoms with Crippen molar-refractivity contribution in [1.29, 1.82) is 0 Å². The van der Waals surface area contributed by atoms with Crippen molar-refractivity contribution in [2.24, 2.45) is 0 Å². The molecule has 0 bridgehead atoms. The molecule has 1 aromatic heterocycles. The van der Waals surface area contributed by atoms with Crippen LogP contribution in [0.3, 0.4) is 0 Å². The summed E-state index contributed by atoms with van der Waals surface area (Å²) in [6, 6.07) is 6.53. The van der Waals surface area contributed by atoms with E-state index in [2.05, 4.69) is 36.5 Å². The molecule has 4 nitrogen and oxygen atoms in total. The molecule has 0 saturated carbocycles. The Balaban J connectivity index is 2.17. The second-order valence-electron chi connectivity index (χ2n) is 3.55. The Kier molecular flexibility index (Phi) is 4.09. The van der Waals surface area contributed by atoms with Gasteiger partial charge in [-0.05, 0) is 47.1 Å². The Labute approximate surface area is 113 Å². The number of benzene rings is 1. The van der Waals surface area contributed by atoms with Gasteiger partial charge in [0.25, 0.3) is 0 Å². The third kappa shape index (κ3) is 3.16. The van der Waals surface area contributed by atoms with Crippen molar-refractivity contribution < 1.29 is 4.39 Å². The molecule has 2 N–H and O–H groups in total. The topological polar surface area (TPSA) is 49.8 Å². The van der Waals surface area contributed by atoms with Gasteiger partial charge in [-0.15, -0.1) is 0 Å². The molecule has 0 saturated heterocycles. The second-order valence-corrected chi connectivity index (χ2v) is 4.40. The van der Waals surface area contributed by atoms with Crippen LogP contribution in [0, 0.1) is 5.82 Å². The summed E-state index contributed by atoms with van der Waals surface area (Å²) in [7, 11) is 0. The zero-order chi connectivity index (χ0) is 13.0. The van der Waals surface area contributed by atoms with Crippen molar-refractivity contribution in [3.8, 4) is 0 Å². The number of anilines is 3. The molecule has 6 heteroatoms. The summed E-state index contributed by atoms with van der Waals surface area (Å²) >= 11 is 3.11. The summed E-state index contributed by atoms with van der Waals surface area (Å²) in [5.41, 5.74) is 0.636. The van der Waals surface area contributed by atoms with Gasteiger partial charge in [-0.2, -0.15) is 4.98 Å². The van der Waals surface area contributed by atoms with Gasteiger partial charge in [0.15, 0.2) is 0 Å². The van der Waals surface area contributed by atoms with Crippen LogP contribution in [0.2, 0.25) is 0 Å². The molecule has 0 atom stereocenters. The van der Waals surface area contributed by atoms with E-state index in [1.54, 1.807) is 24.4 Å². The molecular formula is C12H12BrFN4. The third-order valence-electron chi connectivity index (χ3n) is 2.18. The maximum absolute atomic E-state index is 13.4. The summed E-state index contributed by atoms with van der Waals surface area (Å²) in [4.78, 5) is 8.30. The average Bonchev–Trinajstić information content (AvgIpc) is 2.35. The predicted octanol–water partition coefficient (Wildman–Crippen LogP) is 3.55. The van der Waals surface area contributed by atoms with Gasteiger partial charge in [0.2, 0.25) is 5.95 Å². The lowest BCUT2D eigenvalue weighted by Gasteiger charge is -2.07. The first-order valence-electron chi connectivity index (χ1n) is 5.48. The minimum atomic E-state index is -0.319. The smallest absolute Gasteiger partial charge is 0.224 e. The number of hydrogen-bond acceptors (Lipinski definition) is 4. The SMILES string of the molecule is CCNc1nccc(Nc2ccc(Br)c(F)c2)n1. The third-order valence-corrected chi connectivity index (χ3v) is 2.83. The van der Waals surface area contributed by atoms with E-state index in [0.717, 1.165) is 6.54 Å². The number of nitrogens with zero attached hydrogens (tertiary/aromatic N) is 2. The standard InChI is InChI=1S/C12H12BrFN4/c1-2-15-12-16-6-5-11(18-12)17-8-3-4-9(13)10(14)7-8/h3-7H,2H2,1H3,(H2,15,16,17,18). The lowest BCUT2D eigenvalue weighted by molar-refractivity contribution is 0.622. The monoisotopic (exact) mass is 310 g/mol. The Morgan fingerprint density at radius 2 is 2.17 bits per heavy atom. The van der Waals surface area contributed by atoms with Gasteiger partial charge in [0.05, 0.1) is 4.47 Å². The molecule has 2 rings (SSSR count). The van der Waals surface area contributed by atoms with Gasteiger partial charge >= 0.3 is 0 Å². The lowest BCUT2D eigenvalue weighted by Crippen LogP contribution is -2.03. The van der Waals surface area contributed by atoms with E-state index in [0.29, 0.717) is 21.9 Å². The predicted molar refractivity (Wildman–Crippen MR) is 73.6 cm³/mol. The Hall–Kier alpha value is -1.69. The first-order chi connectivity index (χ1) is 8.69. The largest absolute Gasteiger partial charge is 0.354 e. The number of rotatable bonds is 4. The normalized spacial score (nSPS) is 10.2. The first-order valence-corrected chi connectivity index (χ1v) is 6.27. The summed E-state index contributed by atoms with van der Waals surface area (Å²) < 4.78 is 13.8. The van der Waals surface area contributed by atoms with Crippen LogP contribution in [0.5, 0.6) is 0 Å². The fourth-order valence-corrected chi connectivity index (χ4v) is 1.64. The van der Waals surface area contributed by atoms with E-state index in [-0.39, 0.29) is 5.82 Å². The van der Waals surface area contributed by atoms with Crippen molar-refractivity contribution in [3.05, 3.63) is 40.8 Å². The molecule has 1 heterocycles. The summed E-state index contributed by atoms with van der Waals surface area (Å²) in [5, 5.41) is 6.03. The maximum Gasteiger partial charge on any atom is 0.224 e. The van der Waals surface area contributed by atoms with Crippen LogP contribution in [0.15, 0.2) is 34.9 Å². The van der Waals surface area contributed by atoms with Gasteiger partial charge in [-0.25, -0.2) is 9.37 Å². The van der Waals surface area contributed by atoms with Crippen molar-refractivity contribution in [2.75, 3.05) is 17.2 Å². The first kappa shape index (κ1) is 12.8. The molecule has 0 aliphatic heterocycles. The zero-order valence-corrected chi connectivity index (χ0v) is 11.3. The number of aromatic nitrogens is 2. The molecule has 0 spiro atoms. The molecule has 1 aromatic carbocycles. The quantitative estimate of drug-likeness (QED) is 0.906. The van der Waals surface area contributed by atoms with Gasteiger partial charge in [0, 0.05) is 18.4 Å². The number of halogens is 2. The summed E-state index contributed by atoms with van der Waals surface area (Å²) in [6.45, 7) is 2.71. The van der Waals surface area contributed by atoms with Crippen molar-refractivity contribution >= 4 is 33.4 Å². The van der Waals surface area contributed by atoms with Crippen LogP contribution in [0.25, 0.3) is 0 Å². The van der Waals surface area contributed by atoms with Crippen LogP contribution in [-0.4, -0.2) is 16.5 Å². The molecule has 18 heavy (non-hydrogen) atoms. The van der Waals surface area contributed by atoms with E-state index in [4.69, 9.17) is 0 Å². The molecule has 0 aliphatic rings. The zero-order valence-electron chi connectivity index (χ0n) is 9.74. The molecule has 0 aliphatic carbocycles. The van der Waals surface area contributed by atoms with Crippen LogP contribution >= 0.6 is 15.9 Å². The number of nitrogens with one attached hydrogen (secondary N) is 2. The Morgan fingerprint density at radius 3 is 2.89 bits per heavy atom. The highest BCUT2D eigenvalue weighted by molar-refractivity contribution is 9.10. The molecule has 2 aromatic rings. The molecule has 0 amide bonds. The summed E-state index contributed by atoms with van der Waals surface area (Å²) in [5.74, 6) is 0.837. The minimum Gasteiger partial charge on any atom is -0.354 e. The van der Waals surface area contributed by atoms with Crippen molar-refractivity contribution in [1.82, 2.24) is 9.97 Å². The highest BCUT2D eigenvalue weighted by Gasteiger charge is 2.02. The van der Waals surface area contributed by atoms with E-state index in [1.807, 2.05) is 6.92 Å². The average molecular weight is 311 g/mol. The lowest BCUT2D eigenvalue weighted by atomic mass is 10.3. The molecular weight excluding hydrogens is 299 g/mol. The molecule has 0 fully saturated rings. The fourth-order valence-electron chi connectivity index (χ4n) is 1.39. The molecule has 0 radical (unpaired) electrons. The van der Waals surface area contributed by atoms with E-state index in [9.17, 15) is 4.39 Å². The van der Waals surface area contributed by atoms with Crippen molar-refractivity contribution in [3.63, 3.8) is 0 Å². The van der Waals surface area contributed by atoms with Crippen LogP contribution in [0.1, 0.15) is 6.92 Å². The Morgan fingerprint density at radius 1 is 1.33 bits per heavy atom. The fraction of sp³-hybridized carbons (Fsp3) is 0.167. The highest BCUT2D eigenvalue weighted by Crippen LogP contribution is 2.21. The van der Waals surface area contributed by atoms with E-state index in [1.165, 1.54) is 6.07 Å². The van der Waals surface area contributed by atoms with E-state index >= 15 is 0 Å². The van der Waals surface area contributed by atoms with Crippen LogP contribution in [-0.2, 0) is 0 Å². The number of hydrogen-bond donors (Lipinski definition) is 2. The minimum absolute atomic E-state index is 0.319. The van der Waals surface area contributed by atoms with E-state index < -0.39 is 0 Å².